The van der Waals surface area contributed by atoms with Gasteiger partial charge in [0.1, 0.15) is 5.52 Å². The second-order valence-electron chi connectivity index (χ2n) is 5.60. The molecular weight excluding hydrogens is 270 g/mol. The van der Waals surface area contributed by atoms with Gasteiger partial charge in [-0.15, -0.1) is 0 Å². The molecule has 7 heteroatoms. The predicted octanol–water partition coefficient (Wildman–Crippen LogP) is -0.237. The van der Waals surface area contributed by atoms with E-state index in [9.17, 15) is 9.90 Å². The summed E-state index contributed by atoms with van der Waals surface area (Å²) in [5, 5.41) is 12.2. The second kappa shape index (κ2) is 5.42. The van der Waals surface area contributed by atoms with Gasteiger partial charge in [-0.2, -0.15) is 0 Å². The lowest BCUT2D eigenvalue weighted by atomic mass is 10.1. The summed E-state index contributed by atoms with van der Waals surface area (Å²) in [6.07, 6.45) is 4.01. The Morgan fingerprint density at radius 1 is 1.48 bits per heavy atom. The molecule has 3 heterocycles. The minimum absolute atomic E-state index is 0.0547. The number of rotatable bonds is 3. The lowest BCUT2D eigenvalue weighted by Gasteiger charge is -2.15. The third-order valence-corrected chi connectivity index (χ3v) is 4.05. The number of amides is 1. The molecule has 0 aromatic carbocycles. The van der Waals surface area contributed by atoms with Crippen molar-refractivity contribution >= 4 is 17.1 Å². The van der Waals surface area contributed by atoms with E-state index in [1.807, 2.05) is 18.7 Å². The van der Waals surface area contributed by atoms with E-state index in [1.165, 1.54) is 0 Å². The van der Waals surface area contributed by atoms with Crippen LogP contribution in [-0.4, -0.2) is 62.7 Å². The van der Waals surface area contributed by atoms with Crippen LogP contribution >= 0.6 is 0 Å². The molecule has 0 unspecified atom stereocenters. The molecule has 2 aromatic heterocycles. The molecule has 1 fully saturated rings. The smallest absolute Gasteiger partial charge is 0.253 e. The number of pyridine rings is 1. The van der Waals surface area contributed by atoms with Crippen LogP contribution in [-0.2, 0) is 7.05 Å². The first-order valence-electron chi connectivity index (χ1n) is 6.97. The maximum Gasteiger partial charge on any atom is 0.253 e. The highest BCUT2D eigenvalue weighted by molar-refractivity contribution is 5.96. The molecule has 0 bridgehead atoms. The summed E-state index contributed by atoms with van der Waals surface area (Å²) in [4.78, 5) is 22.8. The summed E-state index contributed by atoms with van der Waals surface area (Å²) in [5.41, 5.74) is 1.98. The van der Waals surface area contributed by atoms with Crippen LogP contribution in [0.15, 0.2) is 18.6 Å². The predicted molar refractivity (Wildman–Crippen MR) is 77.9 cm³/mol. The fourth-order valence-corrected chi connectivity index (χ4v) is 2.81. The highest BCUT2D eigenvalue weighted by Gasteiger charge is 2.30. The van der Waals surface area contributed by atoms with Gasteiger partial charge in [-0.1, -0.05) is 0 Å². The van der Waals surface area contributed by atoms with Gasteiger partial charge in [0.15, 0.2) is 5.65 Å². The number of carbonyl (C=O) groups is 1. The first-order valence-corrected chi connectivity index (χ1v) is 6.97. The van der Waals surface area contributed by atoms with Crippen molar-refractivity contribution in [1.29, 1.82) is 0 Å². The fourth-order valence-electron chi connectivity index (χ4n) is 2.81. The van der Waals surface area contributed by atoms with E-state index in [4.69, 9.17) is 0 Å². The SMILES string of the molecule is CN1C[C@H](NC(=O)c2cnc3c(c2)ncn3C)C[C@H]1CO. The van der Waals surface area contributed by atoms with Crippen molar-refractivity contribution in [2.45, 2.75) is 18.5 Å². The molecule has 0 aliphatic carbocycles. The quantitative estimate of drug-likeness (QED) is 0.815. The van der Waals surface area contributed by atoms with Crippen LogP contribution in [0.2, 0.25) is 0 Å². The van der Waals surface area contributed by atoms with Gasteiger partial charge in [-0.25, -0.2) is 9.97 Å². The van der Waals surface area contributed by atoms with Crippen molar-refractivity contribution < 1.29 is 9.90 Å². The third kappa shape index (κ3) is 2.62. The monoisotopic (exact) mass is 289 g/mol. The number of fused-ring (bicyclic) bond motifs is 1. The Kier molecular flexibility index (Phi) is 3.60. The molecule has 112 valence electrons. The molecular formula is C14H19N5O2. The average molecular weight is 289 g/mol. The number of carbonyl (C=O) groups excluding carboxylic acids is 1. The highest BCUT2D eigenvalue weighted by Crippen LogP contribution is 2.16. The zero-order valence-corrected chi connectivity index (χ0v) is 12.2. The van der Waals surface area contributed by atoms with E-state index in [-0.39, 0.29) is 24.6 Å². The molecule has 2 aromatic rings. The van der Waals surface area contributed by atoms with Gasteiger partial charge in [0.25, 0.3) is 5.91 Å². The number of nitrogens with one attached hydrogen (secondary N) is 1. The molecule has 0 saturated carbocycles. The fraction of sp³-hybridized carbons (Fsp3) is 0.500. The van der Waals surface area contributed by atoms with E-state index >= 15 is 0 Å². The van der Waals surface area contributed by atoms with Crippen LogP contribution in [0.4, 0.5) is 0 Å². The van der Waals surface area contributed by atoms with Crippen LogP contribution in [0.3, 0.4) is 0 Å². The lowest BCUT2D eigenvalue weighted by molar-refractivity contribution is 0.0938. The number of likely N-dealkylation sites (N-methyl/N-ethyl adjacent to an activating group) is 1. The number of aliphatic hydroxyl groups excluding tert-OH is 1. The Labute approximate surface area is 122 Å². The van der Waals surface area contributed by atoms with Crippen molar-refractivity contribution in [3.63, 3.8) is 0 Å². The summed E-state index contributed by atoms with van der Waals surface area (Å²) in [5.74, 6) is -0.146. The Bertz CT molecular complexity index is 668. The Morgan fingerprint density at radius 3 is 3.00 bits per heavy atom. The van der Waals surface area contributed by atoms with Gasteiger partial charge < -0.3 is 15.0 Å². The molecule has 1 amide bonds. The number of nitrogens with zero attached hydrogens (tertiary/aromatic N) is 4. The zero-order chi connectivity index (χ0) is 15.0. The van der Waals surface area contributed by atoms with Crippen molar-refractivity contribution in [3.05, 3.63) is 24.2 Å². The number of aliphatic hydroxyl groups is 1. The van der Waals surface area contributed by atoms with Crippen molar-refractivity contribution in [3.8, 4) is 0 Å². The van der Waals surface area contributed by atoms with E-state index in [0.717, 1.165) is 18.6 Å². The van der Waals surface area contributed by atoms with E-state index in [1.54, 1.807) is 18.6 Å². The van der Waals surface area contributed by atoms with E-state index in [2.05, 4.69) is 20.2 Å². The normalized spacial score (nSPS) is 22.8. The van der Waals surface area contributed by atoms with Crippen molar-refractivity contribution in [2.24, 2.45) is 7.05 Å². The van der Waals surface area contributed by atoms with Crippen LogP contribution < -0.4 is 5.32 Å². The lowest BCUT2D eigenvalue weighted by Crippen LogP contribution is -2.36. The molecule has 21 heavy (non-hydrogen) atoms. The van der Waals surface area contributed by atoms with Gasteiger partial charge in [0.05, 0.1) is 18.5 Å². The van der Waals surface area contributed by atoms with E-state index in [0.29, 0.717) is 11.1 Å². The number of imidazole rings is 1. The Balaban J connectivity index is 1.72. The molecule has 0 radical (unpaired) electrons. The Morgan fingerprint density at radius 2 is 2.29 bits per heavy atom. The van der Waals surface area contributed by atoms with Crippen molar-refractivity contribution in [1.82, 2.24) is 24.8 Å². The number of aryl methyl sites for hydroxylation is 1. The Hall–Kier alpha value is -1.99. The zero-order valence-electron chi connectivity index (χ0n) is 12.2. The molecule has 3 rings (SSSR count). The van der Waals surface area contributed by atoms with Crippen molar-refractivity contribution in [2.75, 3.05) is 20.2 Å². The van der Waals surface area contributed by atoms with Gasteiger partial charge in [0.2, 0.25) is 0 Å². The maximum absolute atomic E-state index is 12.3. The summed E-state index contributed by atoms with van der Waals surface area (Å²) < 4.78 is 1.81. The molecule has 1 saturated heterocycles. The number of hydrogen-bond acceptors (Lipinski definition) is 5. The first-order chi connectivity index (χ1) is 10.1. The van der Waals surface area contributed by atoms with Gasteiger partial charge >= 0.3 is 0 Å². The minimum atomic E-state index is -0.146. The largest absolute Gasteiger partial charge is 0.395 e. The number of aromatic nitrogens is 3. The minimum Gasteiger partial charge on any atom is -0.395 e. The standard InChI is InChI=1S/C14H19N5O2/c1-18-6-10(4-11(18)7-20)17-14(21)9-3-12-13(15-5-9)19(2)8-16-12/h3,5,8,10-11,20H,4,6-7H2,1-2H3,(H,17,21)/t10-,11+/m1/s1. The summed E-state index contributed by atoms with van der Waals surface area (Å²) >= 11 is 0. The molecule has 2 N–H and O–H groups in total. The highest BCUT2D eigenvalue weighted by atomic mass is 16.3. The summed E-state index contributed by atoms with van der Waals surface area (Å²) in [6, 6.07) is 1.92. The van der Waals surface area contributed by atoms with E-state index < -0.39 is 0 Å². The van der Waals surface area contributed by atoms with Gasteiger partial charge in [-0.3, -0.25) is 9.69 Å². The molecule has 2 atom stereocenters. The average Bonchev–Trinajstić information content (AvgIpc) is 3.01. The second-order valence-corrected chi connectivity index (χ2v) is 5.60. The first kappa shape index (κ1) is 14.0. The maximum atomic E-state index is 12.3. The van der Waals surface area contributed by atoms with Crippen LogP contribution in [0.25, 0.3) is 11.2 Å². The van der Waals surface area contributed by atoms with Crippen LogP contribution in [0, 0.1) is 0 Å². The van der Waals surface area contributed by atoms with Crippen LogP contribution in [0.1, 0.15) is 16.8 Å². The molecule has 7 nitrogen and oxygen atoms in total. The molecule has 1 aliphatic heterocycles. The summed E-state index contributed by atoms with van der Waals surface area (Å²) in [6.45, 7) is 0.862. The van der Waals surface area contributed by atoms with Gasteiger partial charge in [-0.05, 0) is 19.5 Å². The molecule has 1 aliphatic rings. The molecule has 0 spiro atoms. The number of hydrogen-bond donors (Lipinski definition) is 2. The van der Waals surface area contributed by atoms with Crippen LogP contribution in [0.5, 0.6) is 0 Å². The topological polar surface area (TPSA) is 83.3 Å². The van der Waals surface area contributed by atoms with Gasteiger partial charge in [0, 0.05) is 31.9 Å². The number of likely N-dealkylation sites (tertiary alicyclic amines) is 1. The summed E-state index contributed by atoms with van der Waals surface area (Å²) in [7, 11) is 3.82. The third-order valence-electron chi connectivity index (χ3n) is 4.05.